The van der Waals surface area contributed by atoms with Crippen molar-refractivity contribution in [3.05, 3.63) is 18.2 Å². The van der Waals surface area contributed by atoms with Gasteiger partial charge in [-0.2, -0.15) is 0 Å². The van der Waals surface area contributed by atoms with Crippen LogP contribution in [0.25, 0.3) is 0 Å². The number of methoxy groups -OCH3 is 1. The smallest absolute Gasteiger partial charge is 0.227 e. The maximum atomic E-state index is 12.0. The summed E-state index contributed by atoms with van der Waals surface area (Å²) in [7, 11) is 1.55. The highest BCUT2D eigenvalue weighted by Gasteiger charge is 2.21. The average molecular weight is 250 g/mol. The van der Waals surface area contributed by atoms with Crippen molar-refractivity contribution in [2.45, 2.75) is 12.8 Å². The summed E-state index contributed by atoms with van der Waals surface area (Å²) in [6.45, 7) is 1.31. The molecule has 0 spiro atoms. The Morgan fingerprint density at radius 3 is 2.83 bits per heavy atom. The van der Waals surface area contributed by atoms with E-state index in [4.69, 9.17) is 15.2 Å². The van der Waals surface area contributed by atoms with E-state index in [-0.39, 0.29) is 11.8 Å². The van der Waals surface area contributed by atoms with Gasteiger partial charge in [-0.1, -0.05) is 0 Å². The molecule has 1 aliphatic heterocycles. The highest BCUT2D eigenvalue weighted by Crippen LogP contribution is 2.26. The van der Waals surface area contributed by atoms with Crippen molar-refractivity contribution >= 4 is 17.3 Å². The quantitative estimate of drug-likeness (QED) is 0.800. The number of hydrogen-bond donors (Lipinski definition) is 2. The number of ether oxygens (including phenoxy) is 2. The summed E-state index contributed by atoms with van der Waals surface area (Å²) < 4.78 is 10.4. The fraction of sp³-hybridized carbons (Fsp3) is 0.462. The monoisotopic (exact) mass is 250 g/mol. The molecular weight excluding hydrogens is 232 g/mol. The molecule has 1 aromatic carbocycles. The zero-order valence-electron chi connectivity index (χ0n) is 10.4. The van der Waals surface area contributed by atoms with E-state index in [0.717, 1.165) is 12.8 Å². The third-order valence-corrected chi connectivity index (χ3v) is 3.09. The zero-order chi connectivity index (χ0) is 13.0. The summed E-state index contributed by atoms with van der Waals surface area (Å²) >= 11 is 0. The number of nitrogens with two attached hydrogens (primary N) is 1. The van der Waals surface area contributed by atoms with E-state index in [2.05, 4.69) is 5.32 Å². The fourth-order valence-corrected chi connectivity index (χ4v) is 1.99. The number of nitrogen functional groups attached to an aromatic ring is 1. The lowest BCUT2D eigenvalue weighted by molar-refractivity contribution is -0.122. The average Bonchev–Trinajstić information content (AvgIpc) is 2.42. The van der Waals surface area contributed by atoms with E-state index >= 15 is 0 Å². The summed E-state index contributed by atoms with van der Waals surface area (Å²) in [5, 5.41) is 2.88. The zero-order valence-corrected chi connectivity index (χ0v) is 10.4. The molecule has 1 aliphatic rings. The molecule has 0 aromatic heterocycles. The van der Waals surface area contributed by atoms with Gasteiger partial charge in [0.2, 0.25) is 5.91 Å². The van der Waals surface area contributed by atoms with Gasteiger partial charge in [0.1, 0.15) is 5.75 Å². The Kier molecular flexibility index (Phi) is 4.04. The first-order valence-electron chi connectivity index (χ1n) is 6.03. The van der Waals surface area contributed by atoms with Gasteiger partial charge >= 0.3 is 0 Å². The lowest BCUT2D eigenvalue weighted by Crippen LogP contribution is -2.28. The Morgan fingerprint density at radius 2 is 2.17 bits per heavy atom. The molecule has 5 nitrogen and oxygen atoms in total. The molecule has 1 saturated heterocycles. The predicted molar refractivity (Wildman–Crippen MR) is 69.6 cm³/mol. The molecule has 1 fully saturated rings. The van der Waals surface area contributed by atoms with E-state index < -0.39 is 0 Å². The molecule has 18 heavy (non-hydrogen) atoms. The third-order valence-electron chi connectivity index (χ3n) is 3.09. The number of rotatable bonds is 3. The molecule has 0 unspecified atom stereocenters. The van der Waals surface area contributed by atoms with E-state index in [9.17, 15) is 4.79 Å². The van der Waals surface area contributed by atoms with E-state index in [1.165, 1.54) is 0 Å². The Bertz CT molecular complexity index is 428. The molecule has 0 saturated carbocycles. The Morgan fingerprint density at radius 1 is 1.44 bits per heavy atom. The molecule has 2 rings (SSSR count). The van der Waals surface area contributed by atoms with Crippen molar-refractivity contribution in [2.75, 3.05) is 31.4 Å². The van der Waals surface area contributed by atoms with Crippen LogP contribution in [0.3, 0.4) is 0 Å². The second-order valence-electron chi connectivity index (χ2n) is 4.33. The van der Waals surface area contributed by atoms with Gasteiger partial charge in [-0.3, -0.25) is 4.79 Å². The number of benzene rings is 1. The fourth-order valence-electron chi connectivity index (χ4n) is 1.99. The highest BCUT2D eigenvalue weighted by atomic mass is 16.5. The molecule has 98 valence electrons. The van der Waals surface area contributed by atoms with Gasteiger partial charge in [-0.25, -0.2) is 0 Å². The SMILES string of the molecule is COc1cc(NC(=O)C2CCOCC2)ccc1N. The maximum absolute atomic E-state index is 12.0. The number of hydrogen-bond acceptors (Lipinski definition) is 4. The molecule has 5 heteroatoms. The number of carbonyl (C=O) groups is 1. The largest absolute Gasteiger partial charge is 0.495 e. The summed E-state index contributed by atoms with van der Waals surface area (Å²) in [5.74, 6) is 0.632. The maximum Gasteiger partial charge on any atom is 0.227 e. The summed E-state index contributed by atoms with van der Waals surface area (Å²) in [4.78, 5) is 12.0. The van der Waals surface area contributed by atoms with Crippen LogP contribution < -0.4 is 15.8 Å². The molecule has 0 radical (unpaired) electrons. The normalized spacial score (nSPS) is 16.3. The van der Waals surface area contributed by atoms with Crippen molar-refractivity contribution in [1.29, 1.82) is 0 Å². The van der Waals surface area contributed by atoms with E-state index in [1.54, 1.807) is 25.3 Å². The van der Waals surface area contributed by atoms with Crippen LogP contribution in [0.1, 0.15) is 12.8 Å². The van der Waals surface area contributed by atoms with Crippen LogP contribution in [0.15, 0.2) is 18.2 Å². The van der Waals surface area contributed by atoms with Crippen LogP contribution in [0.2, 0.25) is 0 Å². The molecule has 0 aliphatic carbocycles. The molecule has 1 heterocycles. The first-order chi connectivity index (χ1) is 8.70. The van der Waals surface area contributed by atoms with Crippen LogP contribution in [-0.4, -0.2) is 26.2 Å². The summed E-state index contributed by atoms with van der Waals surface area (Å²) in [6.07, 6.45) is 1.55. The summed E-state index contributed by atoms with van der Waals surface area (Å²) in [5.41, 5.74) is 6.98. The van der Waals surface area contributed by atoms with Gasteiger partial charge in [0.05, 0.1) is 12.8 Å². The molecule has 0 atom stereocenters. The first-order valence-corrected chi connectivity index (χ1v) is 6.03. The van der Waals surface area contributed by atoms with Crippen LogP contribution in [0.5, 0.6) is 5.75 Å². The van der Waals surface area contributed by atoms with Crippen molar-refractivity contribution in [3.8, 4) is 5.75 Å². The highest BCUT2D eigenvalue weighted by molar-refractivity contribution is 5.93. The predicted octanol–water partition coefficient (Wildman–Crippen LogP) is 1.64. The van der Waals surface area contributed by atoms with Gasteiger partial charge in [-0.15, -0.1) is 0 Å². The minimum Gasteiger partial charge on any atom is -0.495 e. The molecular formula is C13H18N2O3. The molecule has 0 bridgehead atoms. The van der Waals surface area contributed by atoms with Gasteiger partial charge < -0.3 is 20.5 Å². The van der Waals surface area contributed by atoms with Gasteiger partial charge in [0.25, 0.3) is 0 Å². The number of nitrogens with one attached hydrogen (secondary N) is 1. The van der Waals surface area contributed by atoms with E-state index in [0.29, 0.717) is 30.3 Å². The summed E-state index contributed by atoms with van der Waals surface area (Å²) in [6, 6.07) is 5.22. The lowest BCUT2D eigenvalue weighted by Gasteiger charge is -2.21. The van der Waals surface area contributed by atoms with Crippen molar-refractivity contribution < 1.29 is 14.3 Å². The third kappa shape index (κ3) is 2.92. The van der Waals surface area contributed by atoms with Gasteiger partial charge in [-0.05, 0) is 25.0 Å². The van der Waals surface area contributed by atoms with Gasteiger partial charge in [0, 0.05) is 30.9 Å². The Labute approximate surface area is 106 Å². The number of anilines is 2. The molecule has 1 aromatic rings. The van der Waals surface area contributed by atoms with E-state index in [1.807, 2.05) is 0 Å². The molecule has 3 N–H and O–H groups in total. The minimum atomic E-state index is 0.0299. The Balaban J connectivity index is 2.02. The van der Waals surface area contributed by atoms with Crippen LogP contribution in [-0.2, 0) is 9.53 Å². The van der Waals surface area contributed by atoms with Crippen molar-refractivity contribution in [1.82, 2.24) is 0 Å². The second kappa shape index (κ2) is 5.73. The molecule has 1 amide bonds. The lowest BCUT2D eigenvalue weighted by atomic mass is 9.99. The Hall–Kier alpha value is -1.75. The van der Waals surface area contributed by atoms with Crippen LogP contribution >= 0.6 is 0 Å². The number of amides is 1. The van der Waals surface area contributed by atoms with Crippen LogP contribution in [0.4, 0.5) is 11.4 Å². The minimum absolute atomic E-state index is 0.0299. The van der Waals surface area contributed by atoms with Crippen molar-refractivity contribution in [3.63, 3.8) is 0 Å². The topological polar surface area (TPSA) is 73.6 Å². The second-order valence-corrected chi connectivity index (χ2v) is 4.33. The standard InChI is InChI=1S/C13H18N2O3/c1-17-12-8-10(2-3-11(12)14)15-13(16)9-4-6-18-7-5-9/h2-3,8-9H,4-7,14H2,1H3,(H,15,16). The van der Waals surface area contributed by atoms with Gasteiger partial charge in [0.15, 0.2) is 0 Å². The van der Waals surface area contributed by atoms with Crippen LogP contribution in [0, 0.1) is 5.92 Å². The number of carbonyl (C=O) groups excluding carboxylic acids is 1. The first kappa shape index (κ1) is 12.7. The van der Waals surface area contributed by atoms with Crippen molar-refractivity contribution in [2.24, 2.45) is 5.92 Å².